The summed E-state index contributed by atoms with van der Waals surface area (Å²) in [7, 11) is 8.23. The molecule has 168 valence electrons. The molecule has 1 N–H and O–H groups in total. The molecule has 2 atom stereocenters. The third-order valence-corrected chi connectivity index (χ3v) is 6.77. The van der Waals surface area contributed by atoms with E-state index in [4.69, 9.17) is 0 Å². The van der Waals surface area contributed by atoms with Crippen LogP contribution in [0.4, 0.5) is 0 Å². The fourth-order valence-corrected chi connectivity index (χ4v) is 5.47. The maximum atomic E-state index is 4.64. The maximum Gasteiger partial charge on any atom is 0.193 e. The van der Waals surface area contributed by atoms with Gasteiger partial charge in [0.05, 0.1) is 5.69 Å². The number of aromatic nitrogens is 2. The number of thiophene rings is 1. The fourth-order valence-electron chi connectivity index (χ4n) is 4.48. The lowest BCUT2D eigenvalue weighted by molar-refractivity contribution is 0.124. The predicted molar refractivity (Wildman–Crippen MR) is 138 cm³/mol. The van der Waals surface area contributed by atoms with Crippen molar-refractivity contribution >= 4 is 41.3 Å². The SMILES string of the molecule is CN=C(NCC1CCCN(C)C1c1cccs1)N(C)Cc1cn(C)nc1C(C)C.I. The summed E-state index contributed by atoms with van der Waals surface area (Å²) in [4.78, 5) is 10.7. The highest BCUT2D eigenvalue weighted by Gasteiger charge is 2.31. The quantitative estimate of drug-likeness (QED) is 0.335. The van der Waals surface area contributed by atoms with Crippen molar-refractivity contribution in [3.05, 3.63) is 39.8 Å². The first-order chi connectivity index (χ1) is 13.9. The number of hydrogen-bond donors (Lipinski definition) is 1. The van der Waals surface area contributed by atoms with E-state index in [-0.39, 0.29) is 24.0 Å². The molecule has 1 saturated heterocycles. The second-order valence-corrected chi connectivity index (χ2v) is 9.47. The number of nitrogens with one attached hydrogen (secondary N) is 1. The molecule has 8 heteroatoms. The van der Waals surface area contributed by atoms with Crippen molar-refractivity contribution < 1.29 is 0 Å². The van der Waals surface area contributed by atoms with E-state index in [1.165, 1.54) is 35.5 Å². The summed E-state index contributed by atoms with van der Waals surface area (Å²) in [5, 5.41) is 10.5. The number of likely N-dealkylation sites (tertiary alicyclic amines) is 1. The number of halogens is 1. The van der Waals surface area contributed by atoms with Gasteiger partial charge >= 0.3 is 0 Å². The Morgan fingerprint density at radius 1 is 1.40 bits per heavy atom. The summed E-state index contributed by atoms with van der Waals surface area (Å²) in [6, 6.07) is 4.94. The zero-order valence-corrected chi connectivity index (χ0v) is 22.3. The van der Waals surface area contributed by atoms with E-state index in [0.29, 0.717) is 17.9 Å². The third-order valence-electron chi connectivity index (χ3n) is 5.83. The molecule has 0 aromatic carbocycles. The van der Waals surface area contributed by atoms with Crippen molar-refractivity contribution in [2.75, 3.05) is 34.2 Å². The van der Waals surface area contributed by atoms with E-state index in [1.54, 1.807) is 0 Å². The Bertz CT molecular complexity index is 801. The van der Waals surface area contributed by atoms with Crippen LogP contribution in [0.15, 0.2) is 28.7 Å². The van der Waals surface area contributed by atoms with E-state index in [0.717, 1.165) is 19.0 Å². The Hall–Kier alpha value is -1.13. The van der Waals surface area contributed by atoms with Crippen LogP contribution in [0.2, 0.25) is 0 Å². The largest absolute Gasteiger partial charge is 0.356 e. The zero-order valence-electron chi connectivity index (χ0n) is 19.1. The second-order valence-electron chi connectivity index (χ2n) is 8.50. The van der Waals surface area contributed by atoms with Crippen LogP contribution < -0.4 is 5.32 Å². The lowest BCUT2D eigenvalue weighted by atomic mass is 9.88. The molecule has 3 rings (SSSR count). The van der Waals surface area contributed by atoms with Gasteiger partial charge in [-0.25, -0.2) is 0 Å². The van der Waals surface area contributed by atoms with Crippen molar-refractivity contribution in [1.29, 1.82) is 0 Å². The first-order valence-corrected chi connectivity index (χ1v) is 11.5. The molecule has 2 aromatic rings. The molecule has 6 nitrogen and oxygen atoms in total. The minimum Gasteiger partial charge on any atom is -0.356 e. The summed E-state index contributed by atoms with van der Waals surface area (Å²) >= 11 is 1.87. The second kappa shape index (κ2) is 11.5. The van der Waals surface area contributed by atoms with Gasteiger partial charge in [-0.05, 0) is 49.7 Å². The Labute approximate surface area is 202 Å². The van der Waals surface area contributed by atoms with Gasteiger partial charge < -0.3 is 10.2 Å². The summed E-state index contributed by atoms with van der Waals surface area (Å²) in [6.45, 7) is 7.31. The van der Waals surface area contributed by atoms with Crippen molar-refractivity contribution in [2.24, 2.45) is 18.0 Å². The minimum absolute atomic E-state index is 0. The molecule has 1 aliphatic rings. The zero-order chi connectivity index (χ0) is 21.0. The van der Waals surface area contributed by atoms with Gasteiger partial charge in [0.1, 0.15) is 0 Å². The van der Waals surface area contributed by atoms with Gasteiger partial charge in [0, 0.05) is 56.9 Å². The summed E-state index contributed by atoms with van der Waals surface area (Å²) < 4.78 is 1.91. The van der Waals surface area contributed by atoms with E-state index in [2.05, 4.69) is 76.9 Å². The molecule has 1 aliphatic heterocycles. The standard InChI is InChI=1S/C22H36N6S.HI/c1-16(2)20-18(15-28(6)25-20)14-27(5)22(23-3)24-13-17-9-7-11-26(4)21(17)19-10-8-12-29-19;/h8,10,12,15-17,21H,7,9,11,13-14H2,1-6H3,(H,23,24);1H. The number of aliphatic imine (C=N–C) groups is 1. The van der Waals surface area contributed by atoms with Gasteiger partial charge in [-0.1, -0.05) is 19.9 Å². The Morgan fingerprint density at radius 2 is 2.17 bits per heavy atom. The monoisotopic (exact) mass is 544 g/mol. The molecule has 0 aliphatic carbocycles. The molecule has 2 unspecified atom stereocenters. The average molecular weight is 545 g/mol. The molecular formula is C22H37IN6S. The molecule has 0 saturated carbocycles. The van der Waals surface area contributed by atoms with E-state index in [9.17, 15) is 0 Å². The third kappa shape index (κ3) is 5.97. The fraction of sp³-hybridized carbons (Fsp3) is 0.636. The number of piperidine rings is 1. The first kappa shape index (κ1) is 25.1. The number of nitrogens with zero attached hydrogens (tertiary/aromatic N) is 5. The summed E-state index contributed by atoms with van der Waals surface area (Å²) in [5.41, 5.74) is 2.43. The topological polar surface area (TPSA) is 48.7 Å². The van der Waals surface area contributed by atoms with Crippen LogP contribution in [0.3, 0.4) is 0 Å². The van der Waals surface area contributed by atoms with Crippen LogP contribution in [0, 0.1) is 5.92 Å². The van der Waals surface area contributed by atoms with Gasteiger partial charge in [0.15, 0.2) is 5.96 Å². The van der Waals surface area contributed by atoms with Gasteiger partial charge in [-0.3, -0.25) is 14.6 Å². The van der Waals surface area contributed by atoms with E-state index in [1.807, 2.05) is 30.1 Å². The first-order valence-electron chi connectivity index (χ1n) is 10.6. The van der Waals surface area contributed by atoms with Crippen molar-refractivity contribution in [3.8, 4) is 0 Å². The van der Waals surface area contributed by atoms with Gasteiger partial charge in [0.25, 0.3) is 0 Å². The molecule has 1 fully saturated rings. The molecule has 0 radical (unpaired) electrons. The molecule has 0 spiro atoms. The summed E-state index contributed by atoms with van der Waals surface area (Å²) in [6.07, 6.45) is 4.63. The normalized spacial score (nSPS) is 20.3. The molecule has 0 bridgehead atoms. The highest BCUT2D eigenvalue weighted by Crippen LogP contribution is 2.36. The van der Waals surface area contributed by atoms with Crippen LogP contribution in [-0.2, 0) is 13.6 Å². The average Bonchev–Trinajstić information content (AvgIpc) is 3.32. The maximum absolute atomic E-state index is 4.64. The van der Waals surface area contributed by atoms with Crippen LogP contribution in [0.5, 0.6) is 0 Å². The van der Waals surface area contributed by atoms with Gasteiger partial charge in [-0.15, -0.1) is 35.3 Å². The number of hydrogen-bond acceptors (Lipinski definition) is 4. The molecule has 0 amide bonds. The van der Waals surface area contributed by atoms with E-state index < -0.39 is 0 Å². The number of guanidine groups is 1. The Morgan fingerprint density at radius 3 is 2.80 bits per heavy atom. The van der Waals surface area contributed by atoms with Crippen molar-refractivity contribution in [3.63, 3.8) is 0 Å². The lowest BCUT2D eigenvalue weighted by Crippen LogP contribution is -2.45. The molecular weight excluding hydrogens is 507 g/mol. The van der Waals surface area contributed by atoms with Crippen LogP contribution in [0.1, 0.15) is 54.8 Å². The van der Waals surface area contributed by atoms with Crippen LogP contribution in [0.25, 0.3) is 0 Å². The van der Waals surface area contributed by atoms with Crippen molar-refractivity contribution in [2.45, 2.75) is 45.2 Å². The molecule has 3 heterocycles. The Kier molecular flexibility index (Phi) is 9.62. The minimum atomic E-state index is 0. The predicted octanol–water partition coefficient (Wildman–Crippen LogP) is 4.31. The Balaban J connectivity index is 0.00000320. The van der Waals surface area contributed by atoms with E-state index >= 15 is 0 Å². The van der Waals surface area contributed by atoms with Crippen LogP contribution in [-0.4, -0.2) is 59.8 Å². The highest BCUT2D eigenvalue weighted by atomic mass is 127. The molecule has 2 aromatic heterocycles. The van der Waals surface area contributed by atoms with Gasteiger partial charge in [0.2, 0.25) is 0 Å². The number of aryl methyl sites for hydroxylation is 1. The smallest absolute Gasteiger partial charge is 0.193 e. The van der Waals surface area contributed by atoms with Gasteiger partial charge in [-0.2, -0.15) is 5.10 Å². The van der Waals surface area contributed by atoms with Crippen molar-refractivity contribution in [1.82, 2.24) is 24.9 Å². The molecule has 30 heavy (non-hydrogen) atoms. The lowest BCUT2D eigenvalue weighted by Gasteiger charge is -2.39. The summed E-state index contributed by atoms with van der Waals surface area (Å²) in [5.74, 6) is 1.95. The van der Waals surface area contributed by atoms with Crippen LogP contribution >= 0.6 is 35.3 Å². The highest BCUT2D eigenvalue weighted by molar-refractivity contribution is 14.0. The number of rotatable bonds is 6.